The molecule has 1 aliphatic rings. The third kappa shape index (κ3) is 5.97. The van der Waals surface area contributed by atoms with E-state index in [1.54, 1.807) is 18.2 Å². The molecule has 34 heavy (non-hydrogen) atoms. The number of nitrogens with one attached hydrogen (secondary N) is 1. The second-order valence-corrected chi connectivity index (χ2v) is 10.8. The van der Waals surface area contributed by atoms with Crippen LogP contribution in [0.4, 0.5) is 5.69 Å². The molecule has 0 unspecified atom stereocenters. The van der Waals surface area contributed by atoms with E-state index < -0.39 is 10.0 Å². The summed E-state index contributed by atoms with van der Waals surface area (Å²) in [6, 6.07) is 21.8. The fourth-order valence-corrected chi connectivity index (χ4v) is 5.83. The predicted molar refractivity (Wildman–Crippen MR) is 135 cm³/mol. The standard InChI is InChI=1S/C26H27ClN2O4S/c1-19-7-5-6-8-21(19)18-34(31,32)29-15-13-20(14-16-29)26(30)28-24-17-22(27)11-12-25(24)33-23-9-3-2-4-10-23/h2-12,17,20H,13-16,18H2,1H3,(H,28,30). The van der Waals surface area contributed by atoms with Crippen molar-refractivity contribution in [3.63, 3.8) is 0 Å². The Hall–Kier alpha value is -2.87. The number of carbonyl (C=O) groups excluding carboxylic acids is 1. The first-order valence-corrected chi connectivity index (χ1v) is 13.2. The van der Waals surface area contributed by atoms with Gasteiger partial charge in [-0.05, 0) is 61.2 Å². The number of para-hydroxylation sites is 1. The molecule has 0 radical (unpaired) electrons. The molecule has 0 aromatic heterocycles. The number of carbonyl (C=O) groups is 1. The minimum Gasteiger partial charge on any atom is -0.455 e. The van der Waals surface area contributed by atoms with Crippen molar-refractivity contribution in [3.8, 4) is 11.5 Å². The van der Waals surface area contributed by atoms with Crippen molar-refractivity contribution in [1.29, 1.82) is 0 Å². The van der Waals surface area contributed by atoms with Gasteiger partial charge in [-0.15, -0.1) is 0 Å². The molecule has 1 amide bonds. The molecular weight excluding hydrogens is 472 g/mol. The van der Waals surface area contributed by atoms with Gasteiger partial charge in [-0.25, -0.2) is 12.7 Å². The molecule has 4 rings (SSSR count). The van der Waals surface area contributed by atoms with Crippen LogP contribution in [0, 0.1) is 12.8 Å². The van der Waals surface area contributed by atoms with Gasteiger partial charge in [0.15, 0.2) is 5.75 Å². The second-order valence-electron chi connectivity index (χ2n) is 8.40. The van der Waals surface area contributed by atoms with Crippen molar-refractivity contribution < 1.29 is 17.9 Å². The number of rotatable bonds is 7. The fourth-order valence-electron chi connectivity index (χ4n) is 4.00. The molecule has 178 valence electrons. The molecular formula is C26H27ClN2O4S. The van der Waals surface area contributed by atoms with Gasteiger partial charge in [0.05, 0.1) is 11.4 Å². The summed E-state index contributed by atoms with van der Waals surface area (Å²) in [7, 11) is -3.45. The van der Waals surface area contributed by atoms with Gasteiger partial charge in [-0.2, -0.15) is 0 Å². The average Bonchev–Trinajstić information content (AvgIpc) is 2.83. The summed E-state index contributed by atoms with van der Waals surface area (Å²) in [6.07, 6.45) is 0.905. The van der Waals surface area contributed by atoms with E-state index in [9.17, 15) is 13.2 Å². The molecule has 8 heteroatoms. The summed E-state index contributed by atoms with van der Waals surface area (Å²) in [4.78, 5) is 13.0. The SMILES string of the molecule is Cc1ccccc1CS(=O)(=O)N1CCC(C(=O)Nc2cc(Cl)ccc2Oc2ccccc2)CC1. The van der Waals surface area contributed by atoms with Crippen molar-refractivity contribution in [2.75, 3.05) is 18.4 Å². The molecule has 0 bridgehead atoms. The lowest BCUT2D eigenvalue weighted by molar-refractivity contribution is -0.120. The molecule has 1 fully saturated rings. The van der Waals surface area contributed by atoms with Crippen LogP contribution in [-0.2, 0) is 20.6 Å². The fraction of sp³-hybridized carbons (Fsp3) is 0.269. The van der Waals surface area contributed by atoms with E-state index in [2.05, 4.69) is 5.32 Å². The maximum Gasteiger partial charge on any atom is 0.227 e. The molecule has 1 aliphatic heterocycles. The highest BCUT2D eigenvalue weighted by Crippen LogP contribution is 2.33. The Labute approximate surface area is 205 Å². The number of amides is 1. The Morgan fingerprint density at radius 2 is 1.71 bits per heavy atom. The van der Waals surface area contributed by atoms with Gasteiger partial charge in [0.1, 0.15) is 5.75 Å². The molecule has 6 nitrogen and oxygen atoms in total. The smallest absolute Gasteiger partial charge is 0.227 e. The van der Waals surface area contributed by atoms with Crippen LogP contribution in [0.3, 0.4) is 0 Å². The highest BCUT2D eigenvalue weighted by Gasteiger charge is 2.31. The van der Waals surface area contributed by atoms with Gasteiger partial charge in [0, 0.05) is 24.0 Å². The van der Waals surface area contributed by atoms with Gasteiger partial charge in [0.2, 0.25) is 15.9 Å². The van der Waals surface area contributed by atoms with Gasteiger partial charge in [-0.3, -0.25) is 4.79 Å². The summed E-state index contributed by atoms with van der Waals surface area (Å²) in [5.41, 5.74) is 2.24. The number of sulfonamides is 1. The van der Waals surface area contributed by atoms with Crippen molar-refractivity contribution in [1.82, 2.24) is 4.31 Å². The molecule has 0 aliphatic carbocycles. The zero-order chi connectivity index (χ0) is 24.1. The quantitative estimate of drug-likeness (QED) is 0.458. The summed E-state index contributed by atoms with van der Waals surface area (Å²) < 4.78 is 33.3. The Morgan fingerprint density at radius 1 is 1.03 bits per heavy atom. The van der Waals surface area contributed by atoms with Crippen molar-refractivity contribution in [2.24, 2.45) is 5.92 Å². The van der Waals surface area contributed by atoms with E-state index in [0.717, 1.165) is 11.1 Å². The Morgan fingerprint density at radius 3 is 2.41 bits per heavy atom. The van der Waals surface area contributed by atoms with Gasteiger partial charge >= 0.3 is 0 Å². The first kappa shape index (κ1) is 24.3. The van der Waals surface area contributed by atoms with E-state index in [1.807, 2.05) is 61.5 Å². The molecule has 0 saturated carbocycles. The minimum atomic E-state index is -3.45. The number of nitrogens with zero attached hydrogens (tertiary/aromatic N) is 1. The van der Waals surface area contributed by atoms with Crippen LogP contribution in [0.1, 0.15) is 24.0 Å². The second kappa shape index (κ2) is 10.6. The number of aryl methyl sites for hydroxylation is 1. The number of anilines is 1. The molecule has 1 heterocycles. The van der Waals surface area contributed by atoms with Crippen LogP contribution >= 0.6 is 11.6 Å². The minimum absolute atomic E-state index is 0.0285. The van der Waals surface area contributed by atoms with E-state index in [-0.39, 0.29) is 17.6 Å². The lowest BCUT2D eigenvalue weighted by Crippen LogP contribution is -2.42. The number of hydrogen-bond acceptors (Lipinski definition) is 4. The highest BCUT2D eigenvalue weighted by atomic mass is 35.5. The number of ether oxygens (including phenoxy) is 1. The van der Waals surface area contributed by atoms with E-state index in [1.165, 1.54) is 4.31 Å². The lowest BCUT2D eigenvalue weighted by atomic mass is 9.97. The molecule has 1 saturated heterocycles. The zero-order valence-electron chi connectivity index (χ0n) is 18.9. The highest BCUT2D eigenvalue weighted by molar-refractivity contribution is 7.88. The molecule has 0 atom stereocenters. The molecule has 3 aromatic rings. The Bertz CT molecular complexity index is 1260. The van der Waals surface area contributed by atoms with Crippen LogP contribution in [0.15, 0.2) is 72.8 Å². The van der Waals surface area contributed by atoms with Crippen LogP contribution in [0.25, 0.3) is 0 Å². The number of halogens is 1. The third-order valence-corrected chi connectivity index (χ3v) is 8.05. The largest absolute Gasteiger partial charge is 0.455 e. The number of piperidine rings is 1. The van der Waals surface area contributed by atoms with Crippen LogP contribution < -0.4 is 10.1 Å². The van der Waals surface area contributed by atoms with Crippen LogP contribution in [0.2, 0.25) is 5.02 Å². The summed E-state index contributed by atoms with van der Waals surface area (Å²) in [6.45, 7) is 2.54. The van der Waals surface area contributed by atoms with Gasteiger partial charge in [-0.1, -0.05) is 54.1 Å². The number of hydrogen-bond donors (Lipinski definition) is 1. The third-order valence-electron chi connectivity index (χ3n) is 5.99. The molecule has 1 N–H and O–H groups in total. The zero-order valence-corrected chi connectivity index (χ0v) is 20.5. The predicted octanol–water partition coefficient (Wildman–Crippen LogP) is 5.62. The lowest BCUT2D eigenvalue weighted by Gasteiger charge is -2.30. The summed E-state index contributed by atoms with van der Waals surface area (Å²) in [5, 5.41) is 3.41. The van der Waals surface area contributed by atoms with Crippen molar-refractivity contribution in [3.05, 3.63) is 88.9 Å². The monoisotopic (exact) mass is 498 g/mol. The van der Waals surface area contributed by atoms with E-state index >= 15 is 0 Å². The maximum atomic E-state index is 13.0. The Balaban J connectivity index is 1.39. The number of benzene rings is 3. The van der Waals surface area contributed by atoms with Crippen molar-refractivity contribution >= 4 is 33.2 Å². The molecule has 0 spiro atoms. The van der Waals surface area contributed by atoms with Crippen LogP contribution in [-0.4, -0.2) is 31.7 Å². The average molecular weight is 499 g/mol. The first-order chi connectivity index (χ1) is 16.3. The van der Waals surface area contributed by atoms with Crippen molar-refractivity contribution in [2.45, 2.75) is 25.5 Å². The molecule has 3 aromatic carbocycles. The van der Waals surface area contributed by atoms with E-state index in [0.29, 0.717) is 48.1 Å². The Kier molecular flexibility index (Phi) is 7.56. The maximum absolute atomic E-state index is 13.0. The summed E-state index contributed by atoms with van der Waals surface area (Å²) >= 11 is 6.16. The summed E-state index contributed by atoms with van der Waals surface area (Å²) in [5.74, 6) is 0.637. The van der Waals surface area contributed by atoms with Crippen LogP contribution in [0.5, 0.6) is 11.5 Å². The topological polar surface area (TPSA) is 75.7 Å². The normalized spacial score (nSPS) is 15.1. The first-order valence-electron chi connectivity index (χ1n) is 11.2. The van der Waals surface area contributed by atoms with E-state index in [4.69, 9.17) is 16.3 Å². The van der Waals surface area contributed by atoms with Gasteiger partial charge in [0.25, 0.3) is 0 Å². The van der Waals surface area contributed by atoms with Gasteiger partial charge < -0.3 is 10.1 Å².